The van der Waals surface area contributed by atoms with Crippen LogP contribution in [0.15, 0.2) is 11.6 Å². The van der Waals surface area contributed by atoms with Crippen LogP contribution in [-0.2, 0) is 18.4 Å². The van der Waals surface area contributed by atoms with E-state index in [-0.39, 0.29) is 16.2 Å². The van der Waals surface area contributed by atoms with Crippen molar-refractivity contribution in [3.05, 3.63) is 11.6 Å². The lowest BCUT2D eigenvalue weighted by Crippen LogP contribution is -2.56. The third-order valence-electron chi connectivity index (χ3n) is 6.43. The van der Waals surface area contributed by atoms with E-state index in [9.17, 15) is 9.90 Å². The average Bonchev–Trinajstić information content (AvgIpc) is 2.46. The van der Waals surface area contributed by atoms with Crippen molar-refractivity contribution >= 4 is 22.6 Å². The Morgan fingerprint density at radius 1 is 1.00 bits per heavy atom. The monoisotopic (exact) mass is 416 g/mol. The quantitative estimate of drug-likeness (QED) is 0.523. The van der Waals surface area contributed by atoms with Crippen molar-refractivity contribution in [3.63, 3.8) is 0 Å². The minimum atomic E-state index is -2.12. The molecule has 1 N–H and O–H groups in total. The molecule has 0 amide bonds. The van der Waals surface area contributed by atoms with Crippen molar-refractivity contribution in [2.24, 2.45) is 0 Å². The second-order valence-electron chi connectivity index (χ2n) is 10.6. The van der Waals surface area contributed by atoms with E-state index in [1.54, 1.807) is 6.08 Å². The van der Waals surface area contributed by atoms with E-state index in [4.69, 9.17) is 13.6 Å². The molecule has 1 aliphatic rings. The Bertz CT molecular complexity index is 570. The first-order chi connectivity index (χ1) is 11.9. The summed E-state index contributed by atoms with van der Waals surface area (Å²) in [6, 6.07) is 0. The first kappa shape index (κ1) is 24.6. The number of methoxy groups -OCH3 is 1. The summed E-state index contributed by atoms with van der Waals surface area (Å²) < 4.78 is 18.1. The van der Waals surface area contributed by atoms with Gasteiger partial charge in [0.25, 0.3) is 0 Å². The summed E-state index contributed by atoms with van der Waals surface area (Å²) in [6.07, 6.45) is 0.240. The van der Waals surface area contributed by atoms with E-state index in [0.717, 1.165) is 0 Å². The van der Waals surface area contributed by atoms with Gasteiger partial charge in [-0.3, -0.25) is 0 Å². The first-order valence-corrected chi connectivity index (χ1v) is 15.6. The average molecular weight is 417 g/mol. The highest BCUT2D eigenvalue weighted by atomic mass is 28.4. The van der Waals surface area contributed by atoms with Crippen molar-refractivity contribution in [2.45, 2.75) is 103 Å². The molecule has 0 aliphatic heterocycles. The molecule has 1 rings (SSSR count). The van der Waals surface area contributed by atoms with Crippen LogP contribution in [0.3, 0.4) is 0 Å². The number of rotatable bonds is 5. The number of hydrogen-bond donors (Lipinski definition) is 1. The molecule has 27 heavy (non-hydrogen) atoms. The molecule has 0 aromatic heterocycles. The summed E-state index contributed by atoms with van der Waals surface area (Å²) in [7, 11) is -2.88. The molecule has 0 aromatic carbocycles. The maximum atomic E-state index is 12.1. The molecular formula is C20H40O5Si2. The lowest BCUT2D eigenvalue weighted by atomic mass is 9.92. The van der Waals surface area contributed by atoms with Crippen LogP contribution in [-0.4, -0.2) is 53.1 Å². The molecule has 5 nitrogen and oxygen atoms in total. The molecule has 0 saturated carbocycles. The van der Waals surface area contributed by atoms with E-state index in [2.05, 4.69) is 67.7 Å². The fraction of sp³-hybridized carbons (Fsp3) is 0.850. The molecular weight excluding hydrogens is 376 g/mol. The predicted octanol–water partition coefficient (Wildman–Crippen LogP) is 4.63. The molecule has 7 heteroatoms. The SMILES string of the molecule is COC(=O)C1=C[C@H](O)[C@@H](O[Si](C)(C)C(C)(C)C)[C@H](O[Si](C)(C)C(C)(C)C)C1. The third-order valence-corrected chi connectivity index (χ3v) is 15.4. The molecule has 3 atom stereocenters. The molecule has 0 heterocycles. The van der Waals surface area contributed by atoms with Crippen LogP contribution < -0.4 is 0 Å². The molecule has 0 fully saturated rings. The minimum absolute atomic E-state index is 0.0145. The van der Waals surface area contributed by atoms with Gasteiger partial charge >= 0.3 is 5.97 Å². The zero-order valence-corrected chi connectivity index (χ0v) is 21.1. The zero-order valence-electron chi connectivity index (χ0n) is 19.1. The van der Waals surface area contributed by atoms with Crippen molar-refractivity contribution in [3.8, 4) is 0 Å². The Morgan fingerprint density at radius 2 is 1.44 bits per heavy atom. The maximum Gasteiger partial charge on any atom is 0.333 e. The second kappa shape index (κ2) is 8.10. The molecule has 1 aliphatic carbocycles. The Labute approximate surface area is 167 Å². The third kappa shape index (κ3) is 5.76. The number of ether oxygens (including phenoxy) is 1. The molecule has 0 aromatic rings. The summed E-state index contributed by atoms with van der Waals surface area (Å²) in [6.45, 7) is 21.8. The molecule has 0 bridgehead atoms. The van der Waals surface area contributed by atoms with Crippen molar-refractivity contribution in [1.82, 2.24) is 0 Å². The van der Waals surface area contributed by atoms with Gasteiger partial charge in [0.15, 0.2) is 16.6 Å². The standard InChI is InChI=1S/C20H40O5Si2/c1-19(2,3)26(8,9)24-16-13-14(18(22)23-7)12-15(21)17(16)25-27(10,11)20(4,5)6/h12,15-17,21H,13H2,1-11H3/t15-,16+,17+/m0/s1. The van der Waals surface area contributed by atoms with Gasteiger partial charge in [-0.25, -0.2) is 4.79 Å². The highest BCUT2D eigenvalue weighted by Crippen LogP contribution is 2.42. The lowest BCUT2D eigenvalue weighted by Gasteiger charge is -2.47. The normalized spacial score (nSPS) is 25.2. The summed E-state index contributed by atoms with van der Waals surface area (Å²) in [5.41, 5.74) is 0.462. The molecule has 0 radical (unpaired) electrons. The highest BCUT2D eigenvalue weighted by Gasteiger charge is 2.48. The van der Waals surface area contributed by atoms with E-state index in [1.165, 1.54) is 7.11 Å². The fourth-order valence-electron chi connectivity index (χ4n) is 2.53. The largest absolute Gasteiger partial charge is 0.466 e. The number of carbonyl (C=O) groups excluding carboxylic acids is 1. The Kier molecular flexibility index (Phi) is 7.37. The van der Waals surface area contributed by atoms with Gasteiger partial charge in [-0.1, -0.05) is 41.5 Å². The second-order valence-corrected chi connectivity index (χ2v) is 20.2. The Balaban J connectivity index is 3.26. The molecule has 0 spiro atoms. The van der Waals surface area contributed by atoms with E-state index < -0.39 is 34.8 Å². The van der Waals surface area contributed by atoms with E-state index in [1.807, 2.05) is 0 Å². The van der Waals surface area contributed by atoms with Crippen LogP contribution in [0.25, 0.3) is 0 Å². The van der Waals surface area contributed by atoms with Crippen LogP contribution in [0.4, 0.5) is 0 Å². The van der Waals surface area contributed by atoms with Crippen molar-refractivity contribution in [1.29, 1.82) is 0 Å². The van der Waals surface area contributed by atoms with Gasteiger partial charge in [-0.15, -0.1) is 0 Å². The smallest absolute Gasteiger partial charge is 0.333 e. The number of carbonyl (C=O) groups is 1. The van der Waals surface area contributed by atoms with Gasteiger partial charge in [0.2, 0.25) is 0 Å². The fourth-order valence-corrected chi connectivity index (χ4v) is 5.18. The van der Waals surface area contributed by atoms with Gasteiger partial charge in [-0.2, -0.15) is 0 Å². The van der Waals surface area contributed by atoms with Crippen LogP contribution >= 0.6 is 0 Å². The zero-order chi connectivity index (χ0) is 21.4. The topological polar surface area (TPSA) is 65.0 Å². The van der Waals surface area contributed by atoms with E-state index in [0.29, 0.717) is 12.0 Å². The van der Waals surface area contributed by atoms with Gasteiger partial charge in [0.05, 0.1) is 19.3 Å². The summed E-state index contributed by atoms with van der Waals surface area (Å²) in [4.78, 5) is 12.1. The van der Waals surface area contributed by atoms with Gasteiger partial charge < -0.3 is 18.7 Å². The van der Waals surface area contributed by atoms with Gasteiger partial charge in [0.1, 0.15) is 6.10 Å². The number of esters is 1. The predicted molar refractivity (Wildman–Crippen MR) is 115 cm³/mol. The minimum Gasteiger partial charge on any atom is -0.466 e. The molecule has 158 valence electrons. The highest BCUT2D eigenvalue weighted by molar-refractivity contribution is 6.74. The summed E-state index contributed by atoms with van der Waals surface area (Å²) in [5.74, 6) is -0.413. The van der Waals surface area contributed by atoms with Gasteiger partial charge in [-0.05, 0) is 42.3 Å². The van der Waals surface area contributed by atoms with Crippen LogP contribution in [0.5, 0.6) is 0 Å². The number of aliphatic hydroxyl groups is 1. The van der Waals surface area contributed by atoms with Crippen LogP contribution in [0.1, 0.15) is 48.0 Å². The molecule has 0 saturated heterocycles. The summed E-state index contributed by atoms with van der Waals surface area (Å²) in [5, 5.41) is 10.9. The van der Waals surface area contributed by atoms with Crippen molar-refractivity contribution < 1.29 is 23.5 Å². The van der Waals surface area contributed by atoms with Crippen molar-refractivity contribution in [2.75, 3.05) is 7.11 Å². The number of hydrogen-bond acceptors (Lipinski definition) is 5. The Morgan fingerprint density at radius 3 is 1.85 bits per heavy atom. The molecule has 0 unspecified atom stereocenters. The van der Waals surface area contributed by atoms with E-state index >= 15 is 0 Å². The maximum absolute atomic E-state index is 12.1. The van der Waals surface area contributed by atoms with Gasteiger partial charge in [0, 0.05) is 12.0 Å². The lowest BCUT2D eigenvalue weighted by molar-refractivity contribution is -0.137. The number of aliphatic hydroxyl groups excluding tert-OH is 1. The Hall–Kier alpha value is -0.476. The first-order valence-electron chi connectivity index (χ1n) is 9.75. The van der Waals surface area contributed by atoms with Crippen LogP contribution in [0, 0.1) is 0 Å². The van der Waals surface area contributed by atoms with Crippen LogP contribution in [0.2, 0.25) is 36.3 Å². The summed E-state index contributed by atoms with van der Waals surface area (Å²) >= 11 is 0.